The summed E-state index contributed by atoms with van der Waals surface area (Å²) in [5.41, 5.74) is 0.794. The first kappa shape index (κ1) is 14.8. The van der Waals surface area contributed by atoms with E-state index in [0.29, 0.717) is 19.1 Å². The van der Waals surface area contributed by atoms with Gasteiger partial charge >= 0.3 is 0 Å². The second-order valence-electron chi connectivity index (χ2n) is 6.13. The van der Waals surface area contributed by atoms with Crippen LogP contribution in [0.25, 0.3) is 0 Å². The van der Waals surface area contributed by atoms with Gasteiger partial charge in [-0.25, -0.2) is 0 Å². The third-order valence-electron chi connectivity index (χ3n) is 4.99. The van der Waals surface area contributed by atoms with Crippen LogP contribution in [0.4, 0.5) is 0 Å². The first-order valence-corrected chi connectivity index (χ1v) is 7.17. The SMILES string of the molecule is C=CCC[C@@]1(C2(C)OCCO2)C[C@H](C(=C)C)C[C@@H]1O. The molecule has 0 bridgehead atoms. The molecular weight excluding hydrogens is 240 g/mol. The quantitative estimate of drug-likeness (QED) is 0.777. The lowest BCUT2D eigenvalue weighted by molar-refractivity contribution is -0.249. The molecule has 3 atom stereocenters. The predicted octanol–water partition coefficient (Wildman–Crippen LogP) is 3.05. The van der Waals surface area contributed by atoms with Gasteiger partial charge in [-0.1, -0.05) is 18.2 Å². The Hall–Kier alpha value is -0.640. The Kier molecular flexibility index (Phi) is 4.19. The smallest absolute Gasteiger partial charge is 0.173 e. The predicted molar refractivity (Wildman–Crippen MR) is 75.7 cm³/mol. The average molecular weight is 266 g/mol. The van der Waals surface area contributed by atoms with Crippen molar-refractivity contribution in [3.63, 3.8) is 0 Å². The Balaban J connectivity index is 2.29. The molecule has 108 valence electrons. The van der Waals surface area contributed by atoms with Gasteiger partial charge < -0.3 is 14.6 Å². The molecule has 3 heteroatoms. The molecular formula is C16H26O3. The molecule has 1 N–H and O–H groups in total. The molecule has 1 saturated heterocycles. The van der Waals surface area contributed by atoms with Crippen LogP contribution in [-0.2, 0) is 9.47 Å². The van der Waals surface area contributed by atoms with Gasteiger partial charge in [0.2, 0.25) is 0 Å². The molecule has 0 amide bonds. The highest BCUT2D eigenvalue weighted by atomic mass is 16.7. The summed E-state index contributed by atoms with van der Waals surface area (Å²) in [5, 5.41) is 10.7. The second kappa shape index (κ2) is 5.39. The molecule has 2 aliphatic rings. The number of hydrogen-bond acceptors (Lipinski definition) is 3. The summed E-state index contributed by atoms with van der Waals surface area (Å²) < 4.78 is 11.8. The fourth-order valence-corrected chi connectivity index (χ4v) is 3.67. The van der Waals surface area contributed by atoms with Gasteiger partial charge in [0.05, 0.1) is 24.7 Å². The van der Waals surface area contributed by atoms with E-state index in [1.807, 2.05) is 19.9 Å². The second-order valence-corrected chi connectivity index (χ2v) is 6.13. The van der Waals surface area contributed by atoms with Gasteiger partial charge in [-0.3, -0.25) is 0 Å². The minimum Gasteiger partial charge on any atom is -0.392 e. The van der Waals surface area contributed by atoms with Crippen molar-refractivity contribution in [3.05, 3.63) is 24.8 Å². The minimum atomic E-state index is -0.681. The van der Waals surface area contributed by atoms with Crippen molar-refractivity contribution in [2.45, 2.75) is 51.4 Å². The van der Waals surface area contributed by atoms with Crippen LogP contribution in [0.5, 0.6) is 0 Å². The molecule has 1 saturated carbocycles. The first-order chi connectivity index (χ1) is 8.95. The number of aliphatic hydroxyl groups excluding tert-OH is 1. The van der Waals surface area contributed by atoms with Gasteiger partial charge in [0, 0.05) is 0 Å². The van der Waals surface area contributed by atoms with Crippen LogP contribution in [0, 0.1) is 11.3 Å². The summed E-state index contributed by atoms with van der Waals surface area (Å²) in [7, 11) is 0. The lowest BCUT2D eigenvalue weighted by Crippen LogP contribution is -2.51. The molecule has 0 spiro atoms. The molecule has 3 nitrogen and oxygen atoms in total. The topological polar surface area (TPSA) is 38.7 Å². The summed E-state index contributed by atoms with van der Waals surface area (Å²) >= 11 is 0. The van der Waals surface area contributed by atoms with Crippen LogP contribution < -0.4 is 0 Å². The summed E-state index contributed by atoms with van der Waals surface area (Å²) in [6.45, 7) is 13.1. The summed E-state index contributed by atoms with van der Waals surface area (Å²) in [6.07, 6.45) is 4.85. The Morgan fingerprint density at radius 2 is 2.05 bits per heavy atom. The molecule has 1 heterocycles. The van der Waals surface area contributed by atoms with Crippen LogP contribution in [0.2, 0.25) is 0 Å². The molecule has 2 rings (SSSR count). The van der Waals surface area contributed by atoms with E-state index in [0.717, 1.165) is 31.3 Å². The van der Waals surface area contributed by atoms with E-state index in [9.17, 15) is 5.11 Å². The van der Waals surface area contributed by atoms with Gasteiger partial charge in [-0.15, -0.1) is 6.58 Å². The van der Waals surface area contributed by atoms with Crippen molar-refractivity contribution < 1.29 is 14.6 Å². The molecule has 0 radical (unpaired) electrons. The maximum absolute atomic E-state index is 10.7. The molecule has 1 aliphatic heterocycles. The highest BCUT2D eigenvalue weighted by Crippen LogP contribution is 2.56. The Labute approximate surface area is 116 Å². The normalized spacial score (nSPS) is 37.4. The van der Waals surface area contributed by atoms with Crippen molar-refractivity contribution in [3.8, 4) is 0 Å². The number of hydrogen-bond donors (Lipinski definition) is 1. The third-order valence-corrected chi connectivity index (χ3v) is 4.99. The van der Waals surface area contributed by atoms with Crippen molar-refractivity contribution in [2.24, 2.45) is 11.3 Å². The van der Waals surface area contributed by atoms with E-state index in [2.05, 4.69) is 13.2 Å². The van der Waals surface area contributed by atoms with Crippen LogP contribution in [0.3, 0.4) is 0 Å². The number of ether oxygens (including phenoxy) is 2. The number of allylic oxidation sites excluding steroid dienone is 2. The molecule has 2 fully saturated rings. The highest BCUT2D eigenvalue weighted by molar-refractivity contribution is 5.12. The van der Waals surface area contributed by atoms with Crippen molar-refractivity contribution in [2.75, 3.05) is 13.2 Å². The molecule has 0 aromatic rings. The highest BCUT2D eigenvalue weighted by Gasteiger charge is 2.60. The molecule has 1 aliphatic carbocycles. The van der Waals surface area contributed by atoms with Crippen LogP contribution in [-0.4, -0.2) is 30.2 Å². The first-order valence-electron chi connectivity index (χ1n) is 7.17. The average Bonchev–Trinajstić information content (AvgIpc) is 2.93. The van der Waals surface area contributed by atoms with Gasteiger partial charge in [0.25, 0.3) is 0 Å². The van der Waals surface area contributed by atoms with E-state index in [4.69, 9.17) is 9.47 Å². The summed E-state index contributed by atoms with van der Waals surface area (Å²) in [6, 6.07) is 0. The monoisotopic (exact) mass is 266 g/mol. The van der Waals surface area contributed by atoms with Gasteiger partial charge in [0.15, 0.2) is 5.79 Å². The van der Waals surface area contributed by atoms with Gasteiger partial charge in [0.1, 0.15) is 0 Å². The largest absolute Gasteiger partial charge is 0.392 e. The van der Waals surface area contributed by atoms with Crippen LogP contribution in [0.15, 0.2) is 24.8 Å². The zero-order chi connectivity index (χ0) is 14.1. The zero-order valence-corrected chi connectivity index (χ0v) is 12.2. The molecule has 19 heavy (non-hydrogen) atoms. The fourth-order valence-electron chi connectivity index (χ4n) is 3.67. The molecule has 0 unspecified atom stereocenters. The molecule has 0 aromatic heterocycles. The Bertz CT molecular complexity index is 357. The van der Waals surface area contributed by atoms with E-state index >= 15 is 0 Å². The van der Waals surface area contributed by atoms with Crippen molar-refractivity contribution >= 4 is 0 Å². The number of rotatable bonds is 5. The van der Waals surface area contributed by atoms with E-state index in [1.54, 1.807) is 0 Å². The standard InChI is InChI=1S/C16H26O3/c1-5-6-7-16(15(4)18-8-9-19-15)11-13(12(2)3)10-14(16)17/h5,13-14,17H,1-2,6-11H2,3-4H3/t13-,14+,16-/m1/s1. The lowest BCUT2D eigenvalue weighted by Gasteiger charge is -2.44. The third kappa shape index (κ3) is 2.39. The number of aliphatic hydroxyl groups is 1. The maximum Gasteiger partial charge on any atom is 0.173 e. The van der Waals surface area contributed by atoms with Crippen LogP contribution >= 0.6 is 0 Å². The van der Waals surface area contributed by atoms with Crippen molar-refractivity contribution in [1.82, 2.24) is 0 Å². The van der Waals surface area contributed by atoms with Crippen LogP contribution in [0.1, 0.15) is 39.5 Å². The minimum absolute atomic E-state index is 0.346. The zero-order valence-electron chi connectivity index (χ0n) is 12.2. The van der Waals surface area contributed by atoms with Gasteiger partial charge in [-0.2, -0.15) is 0 Å². The van der Waals surface area contributed by atoms with Gasteiger partial charge in [-0.05, 0) is 45.4 Å². The summed E-state index contributed by atoms with van der Waals surface area (Å²) in [5.74, 6) is -0.330. The van der Waals surface area contributed by atoms with E-state index in [1.165, 1.54) is 0 Å². The van der Waals surface area contributed by atoms with E-state index < -0.39 is 11.9 Å². The Morgan fingerprint density at radius 3 is 2.53 bits per heavy atom. The Morgan fingerprint density at radius 1 is 1.42 bits per heavy atom. The summed E-state index contributed by atoms with van der Waals surface area (Å²) in [4.78, 5) is 0. The van der Waals surface area contributed by atoms with E-state index in [-0.39, 0.29) is 5.41 Å². The fraction of sp³-hybridized carbons (Fsp3) is 0.750. The maximum atomic E-state index is 10.7. The molecule has 0 aromatic carbocycles. The lowest BCUT2D eigenvalue weighted by atomic mass is 9.72. The van der Waals surface area contributed by atoms with Crippen molar-refractivity contribution in [1.29, 1.82) is 0 Å².